The van der Waals surface area contributed by atoms with Gasteiger partial charge in [-0.1, -0.05) is 20.4 Å². The lowest BCUT2D eigenvalue weighted by molar-refractivity contribution is -0.465. The van der Waals surface area contributed by atoms with Crippen molar-refractivity contribution < 1.29 is 34.3 Å². The minimum atomic E-state index is -1.88. The van der Waals surface area contributed by atoms with E-state index in [-0.39, 0.29) is 48.0 Å². The number of rotatable bonds is 1. The molecule has 7 heteroatoms. The van der Waals surface area contributed by atoms with Gasteiger partial charge in [0.05, 0.1) is 30.3 Å². The van der Waals surface area contributed by atoms with Gasteiger partial charge in [-0.15, -0.1) is 0 Å². The monoisotopic (exact) mass is 406 g/mol. The third-order valence-corrected chi connectivity index (χ3v) is 9.60. The summed E-state index contributed by atoms with van der Waals surface area (Å²) in [6, 6.07) is 0. The lowest BCUT2D eigenvalue weighted by atomic mass is 9.36. The Labute approximate surface area is 170 Å². The molecule has 3 aliphatic heterocycles. The van der Waals surface area contributed by atoms with Gasteiger partial charge in [0.25, 0.3) is 0 Å². The van der Waals surface area contributed by atoms with E-state index in [4.69, 9.17) is 14.2 Å². The van der Waals surface area contributed by atoms with Gasteiger partial charge in [-0.2, -0.15) is 0 Å². The number of hydrogen-bond acceptors (Lipinski definition) is 7. The number of aliphatic hydroxyl groups is 3. The fourth-order valence-electron chi connectivity index (χ4n) is 8.70. The van der Waals surface area contributed by atoms with Crippen molar-refractivity contribution in [2.24, 2.45) is 34.0 Å². The van der Waals surface area contributed by atoms with Crippen molar-refractivity contribution in [1.82, 2.24) is 0 Å². The zero-order valence-electron chi connectivity index (χ0n) is 17.1. The number of esters is 1. The van der Waals surface area contributed by atoms with Gasteiger partial charge in [0.2, 0.25) is 5.79 Å². The van der Waals surface area contributed by atoms with Crippen molar-refractivity contribution in [3.05, 3.63) is 12.2 Å². The van der Waals surface area contributed by atoms with Crippen molar-refractivity contribution in [3.8, 4) is 0 Å². The fraction of sp³-hybridized carbons (Fsp3) is 0.864. The van der Waals surface area contributed by atoms with Crippen LogP contribution in [-0.2, 0) is 19.0 Å². The Morgan fingerprint density at radius 2 is 1.97 bits per heavy atom. The highest BCUT2D eigenvalue weighted by atomic mass is 16.7. The number of ether oxygens (including phenoxy) is 3. The first-order valence-electron chi connectivity index (χ1n) is 10.8. The molecular weight excluding hydrogens is 376 g/mol. The Morgan fingerprint density at radius 1 is 1.24 bits per heavy atom. The number of carbonyl (C=O) groups is 1. The predicted octanol–water partition coefficient (Wildman–Crippen LogP) is 0.755. The van der Waals surface area contributed by atoms with Gasteiger partial charge in [0.15, 0.2) is 0 Å². The van der Waals surface area contributed by atoms with Crippen LogP contribution in [0.2, 0.25) is 0 Å². The van der Waals surface area contributed by atoms with E-state index in [1.54, 1.807) is 0 Å². The van der Waals surface area contributed by atoms with E-state index < -0.39 is 34.9 Å². The van der Waals surface area contributed by atoms with Crippen LogP contribution in [0.4, 0.5) is 0 Å². The molecule has 11 atom stereocenters. The van der Waals surface area contributed by atoms with Gasteiger partial charge in [-0.05, 0) is 30.3 Å². The van der Waals surface area contributed by atoms with Crippen LogP contribution in [-0.4, -0.2) is 64.2 Å². The summed E-state index contributed by atoms with van der Waals surface area (Å²) in [5, 5.41) is 34.8. The molecule has 0 unspecified atom stereocenters. The summed E-state index contributed by atoms with van der Waals surface area (Å²) in [4.78, 5) is 12.0. The smallest absolute Gasteiger partial charge is 0.302 e. The Bertz CT molecular complexity index is 824. The minimum absolute atomic E-state index is 0.0316. The van der Waals surface area contributed by atoms with Gasteiger partial charge in [-0.25, -0.2) is 0 Å². The molecular formula is C22H30O7. The normalized spacial score (nSPS) is 60.8. The molecule has 3 N–H and O–H groups in total. The molecule has 0 aromatic rings. The van der Waals surface area contributed by atoms with Crippen molar-refractivity contribution in [3.63, 3.8) is 0 Å². The molecule has 2 spiro atoms. The van der Waals surface area contributed by atoms with Gasteiger partial charge in [-0.3, -0.25) is 4.79 Å². The summed E-state index contributed by atoms with van der Waals surface area (Å²) >= 11 is 0. The van der Waals surface area contributed by atoms with Gasteiger partial charge in [0, 0.05) is 30.1 Å². The van der Waals surface area contributed by atoms with Gasteiger partial charge >= 0.3 is 5.97 Å². The Hall–Kier alpha value is -0.990. The summed E-state index contributed by atoms with van der Waals surface area (Å²) in [7, 11) is 0. The molecule has 4 saturated carbocycles. The van der Waals surface area contributed by atoms with E-state index >= 15 is 0 Å². The zero-order valence-corrected chi connectivity index (χ0v) is 17.1. The molecule has 160 valence electrons. The van der Waals surface area contributed by atoms with E-state index in [1.165, 1.54) is 6.92 Å². The Balaban J connectivity index is 1.61. The van der Waals surface area contributed by atoms with Crippen LogP contribution in [0.1, 0.15) is 40.0 Å². The summed E-state index contributed by atoms with van der Waals surface area (Å²) in [5.41, 5.74) is -1.47. The second-order valence-corrected chi connectivity index (χ2v) is 11.0. The molecule has 7 fully saturated rings. The Morgan fingerprint density at radius 3 is 2.66 bits per heavy atom. The number of epoxide rings is 1. The molecule has 3 saturated heterocycles. The van der Waals surface area contributed by atoms with Crippen LogP contribution in [0.25, 0.3) is 0 Å². The SMILES string of the molecule is C=C1[C@H]2C[C@@]3([C@@H]1O)[C@@H]([C@@H]1O[C@@H]12)[C@@]12CO[C@]3(O)[C@@H](O)[C@@H]1C(C)(C)CC[C@@H]2OC(C)=O. The number of carbonyl (C=O) groups excluding carboxylic acids is 1. The topological polar surface area (TPSA) is 109 Å². The van der Waals surface area contributed by atoms with E-state index in [1.807, 2.05) is 0 Å². The van der Waals surface area contributed by atoms with E-state index in [9.17, 15) is 20.1 Å². The third kappa shape index (κ3) is 1.76. The van der Waals surface area contributed by atoms with Crippen molar-refractivity contribution in [2.45, 2.75) is 76.3 Å². The first kappa shape index (κ1) is 18.8. The van der Waals surface area contributed by atoms with Crippen molar-refractivity contribution in [2.75, 3.05) is 6.61 Å². The first-order valence-corrected chi connectivity index (χ1v) is 10.8. The van der Waals surface area contributed by atoms with Crippen LogP contribution in [0, 0.1) is 34.0 Å². The molecule has 7 nitrogen and oxygen atoms in total. The third-order valence-electron chi connectivity index (χ3n) is 9.60. The van der Waals surface area contributed by atoms with Gasteiger partial charge < -0.3 is 29.5 Å². The molecule has 0 radical (unpaired) electrons. The highest BCUT2D eigenvalue weighted by Crippen LogP contribution is 2.80. The van der Waals surface area contributed by atoms with Crippen LogP contribution in [0.15, 0.2) is 12.2 Å². The molecule has 4 aliphatic carbocycles. The van der Waals surface area contributed by atoms with Gasteiger partial charge in [0.1, 0.15) is 12.2 Å². The highest BCUT2D eigenvalue weighted by Gasteiger charge is 2.89. The molecule has 7 rings (SSSR count). The van der Waals surface area contributed by atoms with Crippen LogP contribution >= 0.6 is 0 Å². The zero-order chi connectivity index (χ0) is 20.7. The fourth-order valence-corrected chi connectivity index (χ4v) is 8.70. The molecule has 0 amide bonds. The number of hydrogen-bond donors (Lipinski definition) is 3. The number of aliphatic hydroxyl groups excluding tert-OH is 2. The van der Waals surface area contributed by atoms with Crippen molar-refractivity contribution >= 4 is 5.97 Å². The quantitative estimate of drug-likeness (QED) is 0.335. The molecule has 7 aliphatic rings. The molecule has 4 bridgehead atoms. The molecule has 0 aromatic carbocycles. The van der Waals surface area contributed by atoms with Crippen LogP contribution in [0.5, 0.6) is 0 Å². The lowest BCUT2D eigenvalue weighted by Crippen LogP contribution is -2.85. The minimum Gasteiger partial charge on any atom is -0.462 e. The molecule has 0 aromatic heterocycles. The standard InChI is InChI=1S/C22H30O7/c1-9-11-7-21(17(9)24)15(14-13(11)29-14)20-8-27-22(21,26)18(25)16(20)19(3,4)6-5-12(20)28-10(2)23/h11-18,24-26H,1,5-8H2,2-4H3/t11-,12+,13-,14-,15+,16-,17-,18+,20+,21+,22-/m1/s1. The summed E-state index contributed by atoms with van der Waals surface area (Å²) in [5.74, 6) is -2.92. The average molecular weight is 406 g/mol. The number of fused-ring (bicyclic) bond motifs is 4. The Kier molecular flexibility index (Phi) is 3.28. The maximum Gasteiger partial charge on any atom is 0.302 e. The molecule has 29 heavy (non-hydrogen) atoms. The molecule has 3 heterocycles. The van der Waals surface area contributed by atoms with Crippen LogP contribution < -0.4 is 0 Å². The van der Waals surface area contributed by atoms with Crippen molar-refractivity contribution in [1.29, 1.82) is 0 Å². The van der Waals surface area contributed by atoms with E-state index in [0.29, 0.717) is 18.4 Å². The summed E-state index contributed by atoms with van der Waals surface area (Å²) in [6.45, 7) is 9.90. The first-order chi connectivity index (χ1) is 13.5. The maximum absolute atomic E-state index is 12.0. The van der Waals surface area contributed by atoms with E-state index in [2.05, 4.69) is 20.4 Å². The average Bonchev–Trinajstić information content (AvgIpc) is 3.40. The summed E-state index contributed by atoms with van der Waals surface area (Å²) in [6.07, 6.45) is -0.947. The highest BCUT2D eigenvalue weighted by molar-refractivity contribution is 5.66. The summed E-state index contributed by atoms with van der Waals surface area (Å²) < 4.78 is 18.1. The lowest BCUT2D eigenvalue weighted by Gasteiger charge is -2.74. The second kappa shape index (κ2) is 5.07. The van der Waals surface area contributed by atoms with E-state index in [0.717, 1.165) is 6.42 Å². The predicted molar refractivity (Wildman–Crippen MR) is 99.2 cm³/mol. The maximum atomic E-state index is 12.0. The largest absolute Gasteiger partial charge is 0.462 e. The second-order valence-electron chi connectivity index (χ2n) is 11.0. The van der Waals surface area contributed by atoms with Crippen LogP contribution in [0.3, 0.4) is 0 Å².